The van der Waals surface area contributed by atoms with E-state index in [1.165, 1.54) is 0 Å². The van der Waals surface area contributed by atoms with Crippen molar-refractivity contribution >= 4 is 34.1 Å². The maximum Gasteiger partial charge on any atom is 0.145 e. The number of hydrogen-bond donors (Lipinski definition) is 0. The molecule has 0 radical (unpaired) electrons. The van der Waals surface area contributed by atoms with Crippen LogP contribution in [-0.2, 0) is 0 Å². The lowest BCUT2D eigenvalue weighted by molar-refractivity contribution is 0.366. The van der Waals surface area contributed by atoms with E-state index >= 15 is 0 Å². The van der Waals surface area contributed by atoms with Crippen LogP contribution in [0, 0.1) is 0 Å². The first-order valence-corrected chi connectivity index (χ1v) is 5.50. The summed E-state index contributed by atoms with van der Waals surface area (Å²) in [4.78, 5) is 4.27. The van der Waals surface area contributed by atoms with Crippen LogP contribution < -0.4 is 4.74 Å². The molecule has 1 aromatic heterocycles. The van der Waals surface area contributed by atoms with Crippen LogP contribution in [0.2, 0.25) is 0 Å². The summed E-state index contributed by atoms with van der Waals surface area (Å²) in [6.45, 7) is 0.331. The molecule has 0 spiro atoms. The first kappa shape index (κ1) is 11.2. The van der Waals surface area contributed by atoms with E-state index in [-0.39, 0.29) is 4.49 Å². The van der Waals surface area contributed by atoms with Crippen molar-refractivity contribution in [1.82, 2.24) is 4.98 Å². The van der Waals surface area contributed by atoms with Gasteiger partial charge in [0.05, 0.1) is 0 Å². The van der Waals surface area contributed by atoms with E-state index < -0.39 is 0 Å². The van der Waals surface area contributed by atoms with Gasteiger partial charge in [0.1, 0.15) is 22.4 Å². The molecule has 2 aromatic rings. The highest BCUT2D eigenvalue weighted by molar-refractivity contribution is 6.55. The summed E-state index contributed by atoms with van der Waals surface area (Å²) in [5.41, 5.74) is 0.837. The van der Waals surface area contributed by atoms with Crippen LogP contribution in [0.1, 0.15) is 0 Å². The zero-order valence-corrected chi connectivity index (χ0v) is 9.87. The first-order valence-electron chi connectivity index (χ1n) is 4.75. The first-order chi connectivity index (χ1) is 7.77. The van der Waals surface area contributed by atoms with Gasteiger partial charge in [-0.3, -0.25) is 4.98 Å². The number of rotatable bonds is 3. The number of hydrogen-bond acceptors (Lipinski definition) is 2. The quantitative estimate of drug-likeness (QED) is 0.827. The normalized spacial score (nSPS) is 10.1. The summed E-state index contributed by atoms with van der Waals surface area (Å²) in [5, 5.41) is 1.04. The number of halogens is 2. The fraction of sp³-hybridized carbons (Fsp3) is 0.0833. The van der Waals surface area contributed by atoms with E-state index in [4.69, 9.17) is 27.9 Å². The van der Waals surface area contributed by atoms with Gasteiger partial charge in [-0.05, 0) is 18.2 Å². The highest BCUT2D eigenvalue weighted by Gasteiger charge is 2.01. The average molecular weight is 254 g/mol. The van der Waals surface area contributed by atoms with Gasteiger partial charge in [-0.15, -0.1) is 0 Å². The largest absolute Gasteiger partial charge is 0.487 e. The van der Waals surface area contributed by atoms with Gasteiger partial charge in [0.15, 0.2) is 0 Å². The lowest BCUT2D eigenvalue weighted by Gasteiger charge is -2.05. The maximum atomic E-state index is 5.52. The maximum absolute atomic E-state index is 5.52. The molecule has 0 unspecified atom stereocenters. The predicted octanol–water partition coefficient (Wildman–Crippen LogP) is 3.93. The number of benzene rings is 1. The topological polar surface area (TPSA) is 22.1 Å². The standard InChI is InChI=1S/C12H9Cl2NO/c13-11(14)6-8-16-10-5-1-3-9-4-2-7-15-12(9)10/h1-7H,8H2. The Morgan fingerprint density at radius 1 is 1.25 bits per heavy atom. The highest BCUT2D eigenvalue weighted by atomic mass is 35.5. The predicted molar refractivity (Wildman–Crippen MR) is 67.0 cm³/mol. The van der Waals surface area contributed by atoms with Crippen LogP contribution in [0.15, 0.2) is 47.1 Å². The van der Waals surface area contributed by atoms with Crippen molar-refractivity contribution in [2.24, 2.45) is 0 Å². The summed E-state index contributed by atoms with van der Waals surface area (Å²) in [5.74, 6) is 0.726. The minimum Gasteiger partial charge on any atom is -0.487 e. The van der Waals surface area contributed by atoms with E-state index in [0.717, 1.165) is 16.7 Å². The van der Waals surface area contributed by atoms with Crippen LogP contribution in [0.25, 0.3) is 10.9 Å². The second-order valence-corrected chi connectivity index (χ2v) is 4.14. The Hall–Kier alpha value is -1.25. The molecular formula is C12H9Cl2NO. The van der Waals surface area contributed by atoms with Gasteiger partial charge < -0.3 is 4.74 Å². The summed E-state index contributed by atoms with van der Waals surface area (Å²) in [7, 11) is 0. The summed E-state index contributed by atoms with van der Waals surface area (Å²) < 4.78 is 5.72. The highest BCUT2D eigenvalue weighted by Crippen LogP contribution is 2.23. The molecule has 2 nitrogen and oxygen atoms in total. The van der Waals surface area contributed by atoms with Crippen molar-refractivity contribution in [1.29, 1.82) is 0 Å². The molecule has 0 bridgehead atoms. The minimum atomic E-state index is 0.202. The van der Waals surface area contributed by atoms with Crippen LogP contribution in [0.4, 0.5) is 0 Å². The van der Waals surface area contributed by atoms with Crippen molar-refractivity contribution in [3.63, 3.8) is 0 Å². The van der Waals surface area contributed by atoms with Crippen LogP contribution >= 0.6 is 23.2 Å². The van der Waals surface area contributed by atoms with E-state index in [0.29, 0.717) is 6.61 Å². The Bertz CT molecular complexity index is 516. The number of para-hydroxylation sites is 1. The molecule has 0 saturated heterocycles. The van der Waals surface area contributed by atoms with E-state index in [1.807, 2.05) is 30.3 Å². The number of ether oxygens (including phenoxy) is 1. The summed E-state index contributed by atoms with van der Waals surface area (Å²) >= 11 is 11.0. The molecule has 1 aromatic carbocycles. The monoisotopic (exact) mass is 253 g/mol. The molecular weight excluding hydrogens is 245 g/mol. The Morgan fingerprint density at radius 2 is 2.06 bits per heavy atom. The molecule has 0 aliphatic heterocycles. The van der Waals surface area contributed by atoms with Crippen LogP contribution in [0.3, 0.4) is 0 Å². The number of nitrogens with zero attached hydrogens (tertiary/aromatic N) is 1. The minimum absolute atomic E-state index is 0.202. The van der Waals surface area contributed by atoms with Gasteiger partial charge in [-0.25, -0.2) is 0 Å². The summed E-state index contributed by atoms with van der Waals surface area (Å²) in [6.07, 6.45) is 3.32. The third kappa shape index (κ3) is 2.65. The number of fused-ring (bicyclic) bond motifs is 1. The molecule has 16 heavy (non-hydrogen) atoms. The smallest absolute Gasteiger partial charge is 0.145 e. The van der Waals surface area contributed by atoms with Crippen molar-refractivity contribution in [2.45, 2.75) is 0 Å². The molecule has 82 valence electrons. The van der Waals surface area contributed by atoms with Gasteiger partial charge in [0.25, 0.3) is 0 Å². The lowest BCUT2D eigenvalue weighted by atomic mass is 10.2. The van der Waals surface area contributed by atoms with Gasteiger partial charge >= 0.3 is 0 Å². The second kappa shape index (κ2) is 5.19. The lowest BCUT2D eigenvalue weighted by Crippen LogP contribution is -1.95. The van der Waals surface area contributed by atoms with Gasteiger partial charge in [-0.2, -0.15) is 0 Å². The van der Waals surface area contributed by atoms with Gasteiger partial charge in [-0.1, -0.05) is 41.4 Å². The number of pyridine rings is 1. The van der Waals surface area contributed by atoms with E-state index in [9.17, 15) is 0 Å². The molecule has 0 aliphatic carbocycles. The van der Waals surface area contributed by atoms with Gasteiger partial charge in [0, 0.05) is 11.6 Å². The van der Waals surface area contributed by atoms with Crippen LogP contribution in [0.5, 0.6) is 5.75 Å². The average Bonchev–Trinajstić information content (AvgIpc) is 2.29. The Balaban J connectivity index is 2.27. The van der Waals surface area contributed by atoms with E-state index in [1.54, 1.807) is 12.3 Å². The van der Waals surface area contributed by atoms with Gasteiger partial charge in [0.2, 0.25) is 0 Å². The van der Waals surface area contributed by atoms with Crippen molar-refractivity contribution in [2.75, 3.05) is 6.61 Å². The van der Waals surface area contributed by atoms with Crippen molar-refractivity contribution in [3.8, 4) is 5.75 Å². The van der Waals surface area contributed by atoms with Crippen molar-refractivity contribution in [3.05, 3.63) is 47.1 Å². The zero-order chi connectivity index (χ0) is 11.4. The molecule has 0 aliphatic rings. The second-order valence-electron chi connectivity index (χ2n) is 3.14. The number of aromatic nitrogens is 1. The Kier molecular flexibility index (Phi) is 3.65. The Morgan fingerprint density at radius 3 is 2.88 bits per heavy atom. The molecule has 0 atom stereocenters. The molecule has 0 fully saturated rings. The fourth-order valence-electron chi connectivity index (χ4n) is 1.39. The Labute approximate surface area is 103 Å². The fourth-order valence-corrected chi connectivity index (χ4v) is 1.51. The molecule has 0 saturated carbocycles. The summed E-state index contributed by atoms with van der Waals surface area (Å²) in [6, 6.07) is 9.65. The SMILES string of the molecule is ClC(Cl)=CCOc1cccc2cccnc12. The zero-order valence-electron chi connectivity index (χ0n) is 8.36. The van der Waals surface area contributed by atoms with Crippen molar-refractivity contribution < 1.29 is 4.74 Å². The molecule has 0 N–H and O–H groups in total. The molecule has 0 amide bonds. The van der Waals surface area contributed by atoms with E-state index in [2.05, 4.69) is 4.98 Å². The molecule has 4 heteroatoms. The molecule has 1 heterocycles. The molecule has 2 rings (SSSR count). The van der Waals surface area contributed by atoms with Crippen LogP contribution in [-0.4, -0.2) is 11.6 Å². The third-order valence-electron chi connectivity index (χ3n) is 2.07. The third-order valence-corrected chi connectivity index (χ3v) is 2.38.